The molecule has 0 atom stereocenters. The van der Waals surface area contributed by atoms with E-state index in [0.717, 1.165) is 24.2 Å². The second-order valence-corrected chi connectivity index (χ2v) is 7.58. The van der Waals surface area contributed by atoms with Crippen LogP contribution < -0.4 is 15.4 Å². The van der Waals surface area contributed by atoms with Gasteiger partial charge < -0.3 is 15.4 Å². The van der Waals surface area contributed by atoms with Crippen LogP contribution in [0.4, 0.5) is 10.1 Å². The van der Waals surface area contributed by atoms with Gasteiger partial charge in [-0.15, -0.1) is 10.2 Å². The molecule has 7 nitrogen and oxygen atoms in total. The summed E-state index contributed by atoms with van der Waals surface area (Å²) in [5.41, 5.74) is 1.05. The second kappa shape index (κ2) is 8.36. The van der Waals surface area contributed by atoms with Gasteiger partial charge in [0.05, 0.1) is 0 Å². The highest BCUT2D eigenvalue weighted by molar-refractivity contribution is 7.13. The fraction of sp³-hybridized carbons (Fsp3) is 0.200. The first-order chi connectivity index (χ1) is 14.1. The van der Waals surface area contributed by atoms with Crippen molar-refractivity contribution < 1.29 is 18.7 Å². The molecular weight excluding hydrogens is 395 g/mol. The van der Waals surface area contributed by atoms with Gasteiger partial charge in [0.2, 0.25) is 5.01 Å². The van der Waals surface area contributed by atoms with Crippen molar-refractivity contribution in [2.24, 2.45) is 0 Å². The Balaban J connectivity index is 1.30. The number of amides is 2. The number of hydrogen-bond acceptors (Lipinski definition) is 6. The Labute approximate surface area is 169 Å². The molecule has 0 bridgehead atoms. The molecule has 2 N–H and O–H groups in total. The maximum absolute atomic E-state index is 12.9. The standard InChI is InChI=1S/C20H17FN4O3S/c21-13-3-5-14(6-4-13)23-19(27)20-25-24-17(29-20)11-28-16-9-1-12(2-10-16)18(26)22-15-7-8-15/h1-6,9-10,15H,7-8,11H2,(H,22,26)(H,23,27). The number of carbonyl (C=O) groups excluding carboxylic acids is 2. The number of nitrogens with one attached hydrogen (secondary N) is 2. The highest BCUT2D eigenvalue weighted by Gasteiger charge is 2.23. The third-order valence-corrected chi connectivity index (χ3v) is 5.05. The largest absolute Gasteiger partial charge is 0.486 e. The molecule has 29 heavy (non-hydrogen) atoms. The van der Waals surface area contributed by atoms with Crippen LogP contribution in [-0.2, 0) is 6.61 Å². The summed E-state index contributed by atoms with van der Waals surface area (Å²) >= 11 is 1.11. The molecule has 4 rings (SSSR count). The van der Waals surface area contributed by atoms with E-state index in [2.05, 4.69) is 20.8 Å². The van der Waals surface area contributed by atoms with Crippen LogP contribution in [-0.4, -0.2) is 28.1 Å². The van der Waals surface area contributed by atoms with E-state index in [1.807, 2.05) is 0 Å². The van der Waals surface area contributed by atoms with Gasteiger partial charge in [0.15, 0.2) is 5.01 Å². The molecule has 0 spiro atoms. The normalized spacial score (nSPS) is 13.0. The molecule has 148 valence electrons. The molecule has 0 radical (unpaired) electrons. The number of nitrogens with zero attached hydrogens (tertiary/aromatic N) is 2. The molecule has 2 amide bonds. The minimum atomic E-state index is -0.425. The van der Waals surface area contributed by atoms with Gasteiger partial charge in [0.25, 0.3) is 11.8 Å². The van der Waals surface area contributed by atoms with E-state index in [1.165, 1.54) is 24.3 Å². The molecular formula is C20H17FN4O3S. The molecule has 0 aliphatic heterocycles. The van der Waals surface area contributed by atoms with Crippen molar-refractivity contribution in [3.63, 3.8) is 0 Å². The highest BCUT2D eigenvalue weighted by Crippen LogP contribution is 2.21. The molecule has 1 fully saturated rings. The number of anilines is 1. The van der Waals surface area contributed by atoms with Crippen molar-refractivity contribution in [3.05, 3.63) is 69.9 Å². The minimum Gasteiger partial charge on any atom is -0.486 e. The summed E-state index contributed by atoms with van der Waals surface area (Å²) in [7, 11) is 0. The van der Waals surface area contributed by atoms with Crippen molar-refractivity contribution >= 4 is 28.8 Å². The van der Waals surface area contributed by atoms with E-state index in [9.17, 15) is 14.0 Å². The van der Waals surface area contributed by atoms with E-state index in [0.29, 0.717) is 28.0 Å². The number of rotatable bonds is 7. The molecule has 3 aromatic rings. The van der Waals surface area contributed by atoms with Gasteiger partial charge in [-0.2, -0.15) is 0 Å². The molecule has 9 heteroatoms. The quantitative estimate of drug-likeness (QED) is 0.620. The predicted molar refractivity (Wildman–Crippen MR) is 106 cm³/mol. The first-order valence-electron chi connectivity index (χ1n) is 9.00. The smallest absolute Gasteiger partial charge is 0.286 e. The number of halogens is 1. The van der Waals surface area contributed by atoms with Crippen LogP contribution in [0.5, 0.6) is 5.75 Å². The summed E-state index contributed by atoms with van der Waals surface area (Å²) in [5.74, 6) is -0.304. The van der Waals surface area contributed by atoms with E-state index in [4.69, 9.17) is 4.74 Å². The zero-order valence-corrected chi connectivity index (χ0v) is 16.0. The van der Waals surface area contributed by atoms with Crippen LogP contribution in [0.25, 0.3) is 0 Å². The van der Waals surface area contributed by atoms with Gasteiger partial charge in [-0.3, -0.25) is 9.59 Å². The van der Waals surface area contributed by atoms with Crippen LogP contribution in [0, 0.1) is 5.82 Å². The average molecular weight is 412 g/mol. The molecule has 1 saturated carbocycles. The maximum Gasteiger partial charge on any atom is 0.286 e. The Morgan fingerprint density at radius 2 is 1.76 bits per heavy atom. The SMILES string of the molecule is O=C(NC1CC1)c1ccc(OCc2nnc(C(=O)Nc3ccc(F)cc3)s2)cc1. The second-order valence-electron chi connectivity index (χ2n) is 6.52. The van der Waals surface area contributed by atoms with Crippen molar-refractivity contribution in [1.29, 1.82) is 0 Å². The number of carbonyl (C=O) groups is 2. The Kier molecular flexibility index (Phi) is 5.48. The van der Waals surface area contributed by atoms with Gasteiger partial charge in [-0.25, -0.2) is 4.39 Å². The Hall–Kier alpha value is -3.33. The molecule has 1 aromatic heterocycles. The molecule has 1 aliphatic rings. The van der Waals surface area contributed by atoms with Gasteiger partial charge in [-0.1, -0.05) is 11.3 Å². The van der Waals surface area contributed by atoms with Gasteiger partial charge >= 0.3 is 0 Å². The number of benzene rings is 2. The first kappa shape index (κ1) is 19.0. The van der Waals surface area contributed by atoms with Crippen LogP contribution in [0.15, 0.2) is 48.5 Å². The summed E-state index contributed by atoms with van der Waals surface area (Å²) in [6.45, 7) is 0.148. The van der Waals surface area contributed by atoms with E-state index in [-0.39, 0.29) is 23.3 Å². The summed E-state index contributed by atoms with van der Waals surface area (Å²) in [6.07, 6.45) is 2.08. The Morgan fingerprint density at radius 1 is 1.03 bits per heavy atom. The topological polar surface area (TPSA) is 93.2 Å². The van der Waals surface area contributed by atoms with Crippen molar-refractivity contribution in [2.45, 2.75) is 25.5 Å². The fourth-order valence-electron chi connectivity index (χ4n) is 2.47. The predicted octanol–water partition coefficient (Wildman–Crippen LogP) is 3.40. The molecule has 1 heterocycles. The lowest BCUT2D eigenvalue weighted by Gasteiger charge is -2.06. The number of ether oxygens (including phenoxy) is 1. The van der Waals surface area contributed by atoms with Gasteiger partial charge in [-0.05, 0) is 61.4 Å². The van der Waals surface area contributed by atoms with Crippen molar-refractivity contribution in [3.8, 4) is 5.75 Å². The Bertz CT molecular complexity index is 1020. The maximum atomic E-state index is 12.9. The van der Waals surface area contributed by atoms with Crippen molar-refractivity contribution in [2.75, 3.05) is 5.32 Å². The van der Waals surface area contributed by atoms with Crippen LogP contribution in [0.2, 0.25) is 0 Å². The lowest BCUT2D eigenvalue weighted by atomic mass is 10.2. The molecule has 0 saturated heterocycles. The lowest BCUT2D eigenvalue weighted by Crippen LogP contribution is -2.25. The highest BCUT2D eigenvalue weighted by atomic mass is 32.1. The number of hydrogen-bond donors (Lipinski definition) is 2. The van der Waals surface area contributed by atoms with Gasteiger partial charge in [0, 0.05) is 17.3 Å². The van der Waals surface area contributed by atoms with E-state index < -0.39 is 5.91 Å². The van der Waals surface area contributed by atoms with E-state index >= 15 is 0 Å². The van der Waals surface area contributed by atoms with Crippen LogP contribution in [0.3, 0.4) is 0 Å². The third-order valence-electron chi connectivity index (χ3n) is 4.15. The summed E-state index contributed by atoms with van der Waals surface area (Å²) < 4.78 is 18.6. The van der Waals surface area contributed by atoms with Crippen LogP contribution >= 0.6 is 11.3 Å². The Morgan fingerprint density at radius 3 is 2.45 bits per heavy atom. The molecule has 1 aliphatic carbocycles. The minimum absolute atomic E-state index is 0.0833. The number of aromatic nitrogens is 2. The van der Waals surface area contributed by atoms with Crippen molar-refractivity contribution in [1.82, 2.24) is 15.5 Å². The van der Waals surface area contributed by atoms with Gasteiger partial charge in [0.1, 0.15) is 18.2 Å². The zero-order valence-electron chi connectivity index (χ0n) is 15.2. The molecule has 0 unspecified atom stereocenters. The average Bonchev–Trinajstić information content (AvgIpc) is 3.41. The van der Waals surface area contributed by atoms with E-state index in [1.54, 1.807) is 24.3 Å². The summed E-state index contributed by atoms with van der Waals surface area (Å²) in [6, 6.07) is 12.6. The third kappa shape index (κ3) is 5.14. The lowest BCUT2D eigenvalue weighted by molar-refractivity contribution is 0.0950. The summed E-state index contributed by atoms with van der Waals surface area (Å²) in [5, 5.41) is 14.1. The molecule has 2 aromatic carbocycles. The zero-order chi connectivity index (χ0) is 20.2. The van der Waals surface area contributed by atoms with Crippen LogP contribution in [0.1, 0.15) is 38.0 Å². The fourth-order valence-corrected chi connectivity index (χ4v) is 3.11. The first-order valence-corrected chi connectivity index (χ1v) is 9.81. The summed E-state index contributed by atoms with van der Waals surface area (Å²) in [4.78, 5) is 24.2. The monoisotopic (exact) mass is 412 g/mol.